The third-order valence-corrected chi connectivity index (χ3v) is 7.09. The Morgan fingerprint density at radius 1 is 1.16 bits per heavy atom. The fourth-order valence-electron chi connectivity index (χ4n) is 3.75. The van der Waals surface area contributed by atoms with Crippen LogP contribution in [0.25, 0.3) is 10.1 Å². The molecule has 1 aromatic carbocycles. The number of rotatable bonds is 6. The molecular formula is C20H29NO3S. The molecule has 1 aliphatic rings. The zero-order chi connectivity index (χ0) is 18.0. The molecule has 2 atom stereocenters. The highest BCUT2D eigenvalue weighted by Gasteiger charge is 2.40. The van der Waals surface area contributed by atoms with Gasteiger partial charge in [0.2, 0.25) is 0 Å². The number of methoxy groups -OCH3 is 2. The van der Waals surface area contributed by atoms with Gasteiger partial charge in [0.1, 0.15) is 0 Å². The van der Waals surface area contributed by atoms with E-state index in [0.717, 1.165) is 44.2 Å². The zero-order valence-electron chi connectivity index (χ0n) is 15.9. The lowest BCUT2D eigenvalue weighted by Crippen LogP contribution is -2.52. The van der Waals surface area contributed by atoms with E-state index in [-0.39, 0.29) is 5.54 Å². The highest BCUT2D eigenvalue weighted by atomic mass is 32.1. The standard InChI is InChI=1S/C20H29NO3S/c1-6-14(2)20(3,21-7-9-24-10-8-21)19-12-15-11-16(22-4)17(23-5)13-18(15)25-19/h11-14H,6-10H2,1-5H3. The summed E-state index contributed by atoms with van der Waals surface area (Å²) in [7, 11) is 3.38. The van der Waals surface area contributed by atoms with Gasteiger partial charge in [-0.1, -0.05) is 20.3 Å². The van der Waals surface area contributed by atoms with Crippen LogP contribution in [-0.4, -0.2) is 45.4 Å². The first-order valence-corrected chi connectivity index (χ1v) is 9.85. The summed E-state index contributed by atoms with van der Waals surface area (Å²) >= 11 is 1.87. The van der Waals surface area contributed by atoms with Crippen molar-refractivity contribution in [1.82, 2.24) is 4.90 Å². The van der Waals surface area contributed by atoms with E-state index in [0.29, 0.717) is 5.92 Å². The monoisotopic (exact) mass is 363 g/mol. The molecule has 0 aliphatic carbocycles. The minimum absolute atomic E-state index is 0.0166. The largest absolute Gasteiger partial charge is 0.493 e. The van der Waals surface area contributed by atoms with Gasteiger partial charge in [-0.25, -0.2) is 0 Å². The van der Waals surface area contributed by atoms with Crippen LogP contribution < -0.4 is 9.47 Å². The molecule has 0 N–H and O–H groups in total. The zero-order valence-corrected chi connectivity index (χ0v) is 16.7. The molecule has 4 nitrogen and oxygen atoms in total. The molecule has 5 heteroatoms. The van der Waals surface area contributed by atoms with E-state index >= 15 is 0 Å². The molecule has 2 heterocycles. The predicted octanol–water partition coefficient (Wildman–Crippen LogP) is 4.51. The molecule has 2 unspecified atom stereocenters. The van der Waals surface area contributed by atoms with E-state index in [2.05, 4.69) is 43.9 Å². The summed E-state index contributed by atoms with van der Waals surface area (Å²) in [5.74, 6) is 2.14. The quantitative estimate of drug-likeness (QED) is 0.755. The predicted molar refractivity (Wildman–Crippen MR) is 104 cm³/mol. The van der Waals surface area contributed by atoms with Gasteiger partial charge in [-0.2, -0.15) is 0 Å². The first-order chi connectivity index (χ1) is 12.0. The first-order valence-electron chi connectivity index (χ1n) is 9.03. The number of fused-ring (bicyclic) bond motifs is 1. The number of morpholine rings is 1. The lowest BCUT2D eigenvalue weighted by molar-refractivity contribution is -0.0387. The molecule has 1 fully saturated rings. The molecule has 0 spiro atoms. The van der Waals surface area contributed by atoms with Crippen LogP contribution >= 0.6 is 11.3 Å². The van der Waals surface area contributed by atoms with Crippen LogP contribution in [0.4, 0.5) is 0 Å². The number of thiophene rings is 1. The number of hydrogen-bond donors (Lipinski definition) is 0. The van der Waals surface area contributed by atoms with Crippen molar-refractivity contribution in [2.24, 2.45) is 5.92 Å². The van der Waals surface area contributed by atoms with Gasteiger partial charge in [-0.3, -0.25) is 4.90 Å². The Morgan fingerprint density at radius 3 is 2.40 bits per heavy atom. The van der Waals surface area contributed by atoms with E-state index in [4.69, 9.17) is 14.2 Å². The minimum atomic E-state index is 0.0166. The smallest absolute Gasteiger partial charge is 0.162 e. The Hall–Kier alpha value is -1.30. The summed E-state index contributed by atoms with van der Waals surface area (Å²) in [5, 5.41) is 1.22. The van der Waals surface area contributed by atoms with Crippen LogP contribution in [0.15, 0.2) is 18.2 Å². The van der Waals surface area contributed by atoms with Gasteiger partial charge < -0.3 is 14.2 Å². The van der Waals surface area contributed by atoms with Crippen molar-refractivity contribution in [3.63, 3.8) is 0 Å². The van der Waals surface area contributed by atoms with Crippen molar-refractivity contribution in [1.29, 1.82) is 0 Å². The third-order valence-electron chi connectivity index (χ3n) is 5.76. The summed E-state index contributed by atoms with van der Waals surface area (Å²) < 4.78 is 17.8. The lowest BCUT2D eigenvalue weighted by atomic mass is 9.81. The molecule has 1 aliphatic heterocycles. The highest BCUT2D eigenvalue weighted by Crippen LogP contribution is 2.45. The SMILES string of the molecule is CCC(C)C(C)(c1cc2cc(OC)c(OC)cc2s1)N1CCOCC1. The van der Waals surface area contributed by atoms with E-state index in [1.807, 2.05) is 11.3 Å². The molecule has 2 aromatic rings. The molecule has 1 aromatic heterocycles. The second-order valence-corrected chi connectivity index (χ2v) is 8.00. The molecule has 0 saturated carbocycles. The van der Waals surface area contributed by atoms with Crippen molar-refractivity contribution < 1.29 is 14.2 Å². The molecule has 0 amide bonds. The summed E-state index contributed by atoms with van der Waals surface area (Å²) in [6.45, 7) is 10.6. The molecule has 3 rings (SSSR count). The molecule has 138 valence electrons. The summed E-state index contributed by atoms with van der Waals surface area (Å²) in [6, 6.07) is 6.52. The summed E-state index contributed by atoms with van der Waals surface area (Å²) in [4.78, 5) is 4.01. The first kappa shape index (κ1) is 18.5. The fraction of sp³-hybridized carbons (Fsp3) is 0.600. The van der Waals surface area contributed by atoms with Crippen LogP contribution in [0.2, 0.25) is 0 Å². The average Bonchev–Trinajstić information content (AvgIpc) is 3.09. The van der Waals surface area contributed by atoms with E-state index in [1.165, 1.54) is 15.0 Å². The second kappa shape index (κ2) is 7.52. The molecule has 1 saturated heterocycles. The molecule has 0 radical (unpaired) electrons. The van der Waals surface area contributed by atoms with Crippen LogP contribution in [0.1, 0.15) is 32.1 Å². The third kappa shape index (κ3) is 3.25. The van der Waals surface area contributed by atoms with Crippen LogP contribution in [0.3, 0.4) is 0 Å². The number of ether oxygens (including phenoxy) is 3. The average molecular weight is 364 g/mol. The Morgan fingerprint density at radius 2 is 1.80 bits per heavy atom. The van der Waals surface area contributed by atoms with Gasteiger partial charge >= 0.3 is 0 Å². The van der Waals surface area contributed by atoms with Gasteiger partial charge in [0.05, 0.1) is 33.0 Å². The maximum atomic E-state index is 5.59. The van der Waals surface area contributed by atoms with Crippen molar-refractivity contribution >= 4 is 21.4 Å². The maximum absolute atomic E-state index is 5.59. The second-order valence-electron chi connectivity index (χ2n) is 6.91. The van der Waals surface area contributed by atoms with E-state index < -0.39 is 0 Å². The Labute approximate surface area is 154 Å². The molecular weight excluding hydrogens is 334 g/mol. The Balaban J connectivity index is 2.09. The van der Waals surface area contributed by atoms with Crippen molar-refractivity contribution in [2.75, 3.05) is 40.5 Å². The topological polar surface area (TPSA) is 30.9 Å². The van der Waals surface area contributed by atoms with Gasteiger partial charge in [0.15, 0.2) is 11.5 Å². The lowest BCUT2D eigenvalue weighted by Gasteiger charge is -2.46. The minimum Gasteiger partial charge on any atom is -0.493 e. The summed E-state index contributed by atoms with van der Waals surface area (Å²) in [6.07, 6.45) is 1.15. The Bertz CT molecular complexity index is 682. The molecule has 25 heavy (non-hydrogen) atoms. The summed E-state index contributed by atoms with van der Waals surface area (Å²) in [5.41, 5.74) is 0.0166. The number of nitrogens with zero attached hydrogens (tertiary/aromatic N) is 1. The van der Waals surface area contributed by atoms with Gasteiger partial charge in [-0.15, -0.1) is 11.3 Å². The van der Waals surface area contributed by atoms with Gasteiger partial charge in [-0.05, 0) is 30.4 Å². The van der Waals surface area contributed by atoms with Crippen molar-refractivity contribution in [2.45, 2.75) is 32.7 Å². The van der Waals surface area contributed by atoms with Crippen molar-refractivity contribution in [3.8, 4) is 11.5 Å². The van der Waals surface area contributed by atoms with Crippen molar-refractivity contribution in [3.05, 3.63) is 23.1 Å². The van der Waals surface area contributed by atoms with Crippen LogP contribution in [0.5, 0.6) is 11.5 Å². The van der Waals surface area contributed by atoms with Crippen LogP contribution in [-0.2, 0) is 10.3 Å². The fourth-order valence-corrected chi connectivity index (χ4v) is 5.11. The van der Waals surface area contributed by atoms with Gasteiger partial charge in [0, 0.05) is 28.7 Å². The van der Waals surface area contributed by atoms with E-state index in [1.54, 1.807) is 14.2 Å². The number of benzene rings is 1. The Kier molecular flexibility index (Phi) is 5.56. The van der Waals surface area contributed by atoms with Gasteiger partial charge in [0.25, 0.3) is 0 Å². The highest BCUT2D eigenvalue weighted by molar-refractivity contribution is 7.19. The molecule has 0 bridgehead atoms. The maximum Gasteiger partial charge on any atom is 0.162 e. The van der Waals surface area contributed by atoms with Crippen LogP contribution in [0, 0.1) is 5.92 Å². The normalized spacial score (nSPS) is 19.6. The number of hydrogen-bond acceptors (Lipinski definition) is 5. The van der Waals surface area contributed by atoms with E-state index in [9.17, 15) is 0 Å².